The van der Waals surface area contributed by atoms with E-state index in [4.69, 9.17) is 9.47 Å². The Morgan fingerprint density at radius 1 is 0.962 bits per heavy atom. The largest absolute Gasteiger partial charge is 0.573 e. The molecule has 2 rings (SSSR count). The summed E-state index contributed by atoms with van der Waals surface area (Å²) >= 11 is 0. The van der Waals surface area contributed by atoms with Crippen molar-refractivity contribution in [3.8, 4) is 17.2 Å². The molecule has 0 aliphatic rings. The Morgan fingerprint density at radius 3 is 2.15 bits per heavy atom. The number of benzene rings is 2. The highest BCUT2D eigenvalue weighted by Gasteiger charge is 2.30. The van der Waals surface area contributed by atoms with Gasteiger partial charge in [0.05, 0.1) is 13.2 Å². The molecule has 0 aromatic heterocycles. The molecule has 1 amide bonds. The van der Waals surface area contributed by atoms with Gasteiger partial charge in [-0.3, -0.25) is 4.79 Å². The lowest BCUT2D eigenvalue weighted by Gasteiger charge is -2.13. The quantitative estimate of drug-likeness (QED) is 0.773. The molecule has 0 bridgehead atoms. The molecule has 26 heavy (non-hydrogen) atoms. The van der Waals surface area contributed by atoms with Crippen molar-refractivity contribution in [2.45, 2.75) is 20.2 Å². The maximum Gasteiger partial charge on any atom is 0.573 e. The molecule has 1 N–H and O–H groups in total. The van der Waals surface area contributed by atoms with E-state index >= 15 is 0 Å². The third kappa shape index (κ3) is 5.58. The average molecular weight is 369 g/mol. The number of halogens is 3. The van der Waals surface area contributed by atoms with Gasteiger partial charge in [0.15, 0.2) is 11.5 Å². The summed E-state index contributed by atoms with van der Waals surface area (Å²) in [5, 5.41) is 2.60. The van der Waals surface area contributed by atoms with Crippen LogP contribution in [0.4, 0.5) is 18.9 Å². The van der Waals surface area contributed by atoms with Crippen LogP contribution in [0.1, 0.15) is 24.2 Å². The van der Waals surface area contributed by atoms with Crippen molar-refractivity contribution in [3.05, 3.63) is 48.0 Å². The van der Waals surface area contributed by atoms with Crippen LogP contribution in [0, 0.1) is 0 Å². The Hall–Kier alpha value is -2.90. The van der Waals surface area contributed by atoms with Crippen molar-refractivity contribution in [2.75, 3.05) is 18.5 Å². The molecule has 140 valence electrons. The Labute approximate surface area is 148 Å². The summed E-state index contributed by atoms with van der Waals surface area (Å²) in [5.74, 6) is 0.171. The molecule has 0 fully saturated rings. The van der Waals surface area contributed by atoms with Crippen LogP contribution in [-0.2, 0) is 0 Å². The van der Waals surface area contributed by atoms with Gasteiger partial charge >= 0.3 is 6.36 Å². The Kier molecular flexibility index (Phi) is 6.32. The minimum absolute atomic E-state index is 0.326. The van der Waals surface area contributed by atoms with E-state index in [0.717, 1.165) is 12.1 Å². The fraction of sp³-hybridized carbons (Fsp3) is 0.278. The van der Waals surface area contributed by atoms with Gasteiger partial charge in [0.25, 0.3) is 5.91 Å². The van der Waals surface area contributed by atoms with Crippen LogP contribution >= 0.6 is 0 Å². The van der Waals surface area contributed by atoms with Crippen molar-refractivity contribution in [1.82, 2.24) is 0 Å². The summed E-state index contributed by atoms with van der Waals surface area (Å²) in [7, 11) is 0. The average Bonchev–Trinajstić information content (AvgIpc) is 2.57. The van der Waals surface area contributed by atoms with Crippen molar-refractivity contribution in [3.63, 3.8) is 0 Å². The van der Waals surface area contributed by atoms with Crippen LogP contribution in [0.2, 0.25) is 0 Å². The van der Waals surface area contributed by atoms with Gasteiger partial charge in [-0.1, -0.05) is 0 Å². The second kappa shape index (κ2) is 8.46. The highest BCUT2D eigenvalue weighted by molar-refractivity contribution is 6.04. The molecule has 0 saturated heterocycles. The number of anilines is 1. The molecule has 0 heterocycles. The number of carbonyl (C=O) groups is 1. The Balaban J connectivity index is 2.10. The molecule has 8 heteroatoms. The lowest BCUT2D eigenvalue weighted by Crippen LogP contribution is -2.17. The normalized spacial score (nSPS) is 11.0. The van der Waals surface area contributed by atoms with E-state index in [1.54, 1.807) is 18.2 Å². The van der Waals surface area contributed by atoms with Crippen molar-refractivity contribution >= 4 is 11.6 Å². The van der Waals surface area contributed by atoms with E-state index in [0.29, 0.717) is 36.0 Å². The van der Waals surface area contributed by atoms with E-state index in [2.05, 4.69) is 10.1 Å². The predicted molar refractivity (Wildman–Crippen MR) is 89.9 cm³/mol. The van der Waals surface area contributed by atoms with Gasteiger partial charge in [0.2, 0.25) is 0 Å². The van der Waals surface area contributed by atoms with Crippen molar-refractivity contribution < 1.29 is 32.2 Å². The van der Waals surface area contributed by atoms with Crippen LogP contribution in [0.5, 0.6) is 17.2 Å². The summed E-state index contributed by atoms with van der Waals surface area (Å²) in [6.45, 7) is 4.51. The van der Waals surface area contributed by atoms with Gasteiger partial charge in [0.1, 0.15) is 5.75 Å². The molecular formula is C18H18F3NO4. The van der Waals surface area contributed by atoms with E-state index in [1.165, 1.54) is 12.1 Å². The minimum Gasteiger partial charge on any atom is -0.490 e. The summed E-state index contributed by atoms with van der Waals surface area (Å²) in [6.07, 6.45) is -4.76. The molecule has 2 aromatic carbocycles. The molecule has 0 atom stereocenters. The standard InChI is InChI=1S/C18H18F3NO4/c1-3-24-15-10-5-12(11-16(15)25-4-2)17(23)22-13-6-8-14(9-7-13)26-18(19,20)21/h5-11H,3-4H2,1-2H3,(H,22,23). The summed E-state index contributed by atoms with van der Waals surface area (Å²) in [6, 6.07) is 9.62. The highest BCUT2D eigenvalue weighted by Crippen LogP contribution is 2.29. The topological polar surface area (TPSA) is 56.8 Å². The first kappa shape index (κ1) is 19.4. The van der Waals surface area contributed by atoms with Crippen LogP contribution in [0.3, 0.4) is 0 Å². The van der Waals surface area contributed by atoms with Gasteiger partial charge in [-0.25, -0.2) is 0 Å². The number of rotatable bonds is 7. The maximum absolute atomic E-state index is 12.3. The zero-order valence-electron chi connectivity index (χ0n) is 14.2. The zero-order chi connectivity index (χ0) is 19.2. The van der Waals surface area contributed by atoms with E-state index < -0.39 is 12.3 Å². The lowest BCUT2D eigenvalue weighted by atomic mass is 10.1. The minimum atomic E-state index is -4.76. The van der Waals surface area contributed by atoms with Crippen LogP contribution < -0.4 is 19.5 Å². The van der Waals surface area contributed by atoms with Gasteiger partial charge in [0, 0.05) is 11.3 Å². The predicted octanol–water partition coefficient (Wildman–Crippen LogP) is 4.63. The SMILES string of the molecule is CCOc1ccc(C(=O)Nc2ccc(OC(F)(F)F)cc2)cc1OCC. The zero-order valence-corrected chi connectivity index (χ0v) is 14.2. The second-order valence-corrected chi connectivity index (χ2v) is 5.05. The third-order valence-electron chi connectivity index (χ3n) is 3.15. The van der Waals surface area contributed by atoms with E-state index in [9.17, 15) is 18.0 Å². The molecule has 5 nitrogen and oxygen atoms in total. The van der Waals surface area contributed by atoms with Crippen LogP contribution in [-0.4, -0.2) is 25.5 Å². The third-order valence-corrected chi connectivity index (χ3v) is 3.15. The second-order valence-electron chi connectivity index (χ2n) is 5.05. The molecule has 0 spiro atoms. The number of alkyl halides is 3. The van der Waals surface area contributed by atoms with Crippen LogP contribution in [0.25, 0.3) is 0 Å². The molecule has 0 aliphatic carbocycles. The highest BCUT2D eigenvalue weighted by atomic mass is 19.4. The number of hydrogen-bond acceptors (Lipinski definition) is 4. The van der Waals surface area contributed by atoms with Crippen molar-refractivity contribution in [2.24, 2.45) is 0 Å². The van der Waals surface area contributed by atoms with Gasteiger partial charge in [-0.05, 0) is 56.3 Å². The molecule has 2 aromatic rings. The molecule has 0 radical (unpaired) electrons. The molecule has 0 unspecified atom stereocenters. The monoisotopic (exact) mass is 369 g/mol. The Bertz CT molecular complexity index is 745. The summed E-state index contributed by atoms with van der Waals surface area (Å²) in [4.78, 5) is 12.3. The first-order valence-corrected chi connectivity index (χ1v) is 7.89. The van der Waals surface area contributed by atoms with E-state index in [1.807, 2.05) is 13.8 Å². The number of nitrogens with one attached hydrogen (secondary N) is 1. The van der Waals surface area contributed by atoms with Gasteiger partial charge < -0.3 is 19.5 Å². The number of ether oxygens (including phenoxy) is 3. The molecule has 0 aliphatic heterocycles. The fourth-order valence-electron chi connectivity index (χ4n) is 2.14. The summed E-state index contributed by atoms with van der Waals surface area (Å²) in [5.41, 5.74) is 0.656. The van der Waals surface area contributed by atoms with Crippen LogP contribution in [0.15, 0.2) is 42.5 Å². The van der Waals surface area contributed by atoms with E-state index in [-0.39, 0.29) is 5.75 Å². The first-order chi connectivity index (χ1) is 12.3. The number of amides is 1. The summed E-state index contributed by atoms with van der Waals surface area (Å²) < 4.78 is 51.1. The van der Waals surface area contributed by atoms with Gasteiger partial charge in [-0.2, -0.15) is 0 Å². The fourth-order valence-corrected chi connectivity index (χ4v) is 2.14. The number of carbonyl (C=O) groups excluding carboxylic acids is 1. The number of hydrogen-bond donors (Lipinski definition) is 1. The maximum atomic E-state index is 12.3. The van der Waals surface area contributed by atoms with Crippen molar-refractivity contribution in [1.29, 1.82) is 0 Å². The van der Waals surface area contributed by atoms with Gasteiger partial charge in [-0.15, -0.1) is 13.2 Å². The lowest BCUT2D eigenvalue weighted by molar-refractivity contribution is -0.274. The Morgan fingerprint density at radius 2 is 1.58 bits per heavy atom. The molecule has 0 saturated carbocycles. The smallest absolute Gasteiger partial charge is 0.490 e. The molecular weight excluding hydrogens is 351 g/mol. The first-order valence-electron chi connectivity index (χ1n) is 7.89.